The third-order valence-electron chi connectivity index (χ3n) is 5.64. The fourth-order valence-corrected chi connectivity index (χ4v) is 4.49. The molecule has 0 aromatic carbocycles. The number of ether oxygens (including phenoxy) is 2. The molecule has 0 unspecified atom stereocenters. The molecule has 3 aliphatic heterocycles. The molecule has 0 saturated carbocycles. The van der Waals surface area contributed by atoms with Gasteiger partial charge in [0.25, 0.3) is 0 Å². The van der Waals surface area contributed by atoms with Crippen molar-refractivity contribution in [1.82, 2.24) is 15.1 Å². The minimum Gasteiger partial charge on any atom is -0.381 e. The highest BCUT2D eigenvalue weighted by Gasteiger charge is 2.32. The van der Waals surface area contributed by atoms with Gasteiger partial charge in [0.15, 0.2) is 0 Å². The van der Waals surface area contributed by atoms with Crippen molar-refractivity contribution in [3.8, 4) is 0 Å². The van der Waals surface area contributed by atoms with Crippen LogP contribution in [0.25, 0.3) is 0 Å². The van der Waals surface area contributed by atoms with Gasteiger partial charge in [-0.2, -0.15) is 0 Å². The van der Waals surface area contributed by atoms with Crippen LogP contribution in [0.4, 0.5) is 4.79 Å². The largest absolute Gasteiger partial charge is 0.381 e. The maximum atomic E-state index is 12.6. The van der Waals surface area contributed by atoms with Crippen LogP contribution in [-0.2, 0) is 9.47 Å². The zero-order valence-corrected chi connectivity index (χ0v) is 15.2. The van der Waals surface area contributed by atoms with Crippen molar-refractivity contribution in [2.24, 2.45) is 17.8 Å². The summed E-state index contributed by atoms with van der Waals surface area (Å²) >= 11 is 0. The summed E-state index contributed by atoms with van der Waals surface area (Å²) in [6.45, 7) is 12.1. The minimum atomic E-state index is 0.102. The van der Waals surface area contributed by atoms with E-state index in [0.717, 1.165) is 59.0 Å². The quantitative estimate of drug-likeness (QED) is 0.841. The van der Waals surface area contributed by atoms with E-state index < -0.39 is 0 Å². The zero-order chi connectivity index (χ0) is 16.9. The second kappa shape index (κ2) is 8.50. The molecule has 3 heterocycles. The van der Waals surface area contributed by atoms with Crippen molar-refractivity contribution >= 4 is 6.03 Å². The minimum absolute atomic E-state index is 0.102. The topological polar surface area (TPSA) is 54.0 Å². The highest BCUT2D eigenvalue weighted by atomic mass is 16.5. The van der Waals surface area contributed by atoms with Crippen LogP contribution in [0.1, 0.15) is 26.7 Å². The second-order valence-corrected chi connectivity index (χ2v) is 7.88. The van der Waals surface area contributed by atoms with Crippen molar-refractivity contribution < 1.29 is 14.3 Å². The molecule has 2 amide bonds. The first-order valence-electron chi connectivity index (χ1n) is 9.55. The summed E-state index contributed by atoms with van der Waals surface area (Å²) in [5.41, 5.74) is 0. The lowest BCUT2D eigenvalue weighted by atomic mass is 9.92. The van der Waals surface area contributed by atoms with Gasteiger partial charge in [-0.25, -0.2) is 4.79 Å². The van der Waals surface area contributed by atoms with Gasteiger partial charge in [-0.1, -0.05) is 13.8 Å². The van der Waals surface area contributed by atoms with E-state index in [0.29, 0.717) is 30.3 Å². The lowest BCUT2D eigenvalue weighted by Gasteiger charge is -2.39. The maximum Gasteiger partial charge on any atom is 0.317 e. The van der Waals surface area contributed by atoms with Gasteiger partial charge in [-0.3, -0.25) is 4.90 Å². The summed E-state index contributed by atoms with van der Waals surface area (Å²) in [7, 11) is 0. The number of likely N-dealkylation sites (tertiary alicyclic amines) is 1. The summed E-state index contributed by atoms with van der Waals surface area (Å²) in [6, 6.07) is 0.463. The zero-order valence-electron chi connectivity index (χ0n) is 15.2. The molecule has 0 aromatic rings. The predicted molar refractivity (Wildman–Crippen MR) is 93.0 cm³/mol. The molecule has 4 atom stereocenters. The van der Waals surface area contributed by atoms with Crippen LogP contribution in [-0.4, -0.2) is 81.0 Å². The Morgan fingerprint density at radius 1 is 1.12 bits per heavy atom. The SMILES string of the molecule is C[C@@H]1C[C@H](C)CN(C(=O)NC[C@@H]([C@H]2CCOC2)N2CCOCC2)C1. The molecule has 138 valence electrons. The number of nitrogens with one attached hydrogen (secondary N) is 1. The summed E-state index contributed by atoms with van der Waals surface area (Å²) in [5.74, 6) is 1.71. The van der Waals surface area contributed by atoms with Gasteiger partial charge in [0.05, 0.1) is 19.8 Å². The number of rotatable bonds is 4. The van der Waals surface area contributed by atoms with Gasteiger partial charge in [0, 0.05) is 51.3 Å². The number of hydrogen-bond acceptors (Lipinski definition) is 4. The Morgan fingerprint density at radius 2 is 1.83 bits per heavy atom. The number of morpholine rings is 1. The third-order valence-corrected chi connectivity index (χ3v) is 5.64. The van der Waals surface area contributed by atoms with Crippen molar-refractivity contribution in [1.29, 1.82) is 0 Å². The monoisotopic (exact) mass is 339 g/mol. The molecule has 0 bridgehead atoms. The van der Waals surface area contributed by atoms with Crippen LogP contribution in [0.5, 0.6) is 0 Å². The number of hydrogen-bond donors (Lipinski definition) is 1. The Kier molecular flexibility index (Phi) is 6.36. The summed E-state index contributed by atoms with van der Waals surface area (Å²) in [5, 5.41) is 3.22. The van der Waals surface area contributed by atoms with Crippen molar-refractivity contribution in [3.63, 3.8) is 0 Å². The molecule has 6 nitrogen and oxygen atoms in total. The molecule has 0 aliphatic carbocycles. The summed E-state index contributed by atoms with van der Waals surface area (Å²) in [4.78, 5) is 17.1. The fraction of sp³-hybridized carbons (Fsp3) is 0.944. The van der Waals surface area contributed by atoms with Crippen LogP contribution in [0, 0.1) is 17.8 Å². The average molecular weight is 339 g/mol. The lowest BCUT2D eigenvalue weighted by molar-refractivity contribution is 0.00171. The molecule has 3 fully saturated rings. The molecule has 3 saturated heterocycles. The molecule has 24 heavy (non-hydrogen) atoms. The summed E-state index contributed by atoms with van der Waals surface area (Å²) in [6.07, 6.45) is 2.31. The van der Waals surface area contributed by atoms with E-state index in [4.69, 9.17) is 9.47 Å². The standard InChI is InChI=1S/C18H33N3O3/c1-14-9-15(2)12-21(11-14)18(22)19-10-17(16-3-6-24-13-16)20-4-7-23-8-5-20/h14-17H,3-13H2,1-2H3,(H,19,22)/t14-,15+,16-,17-/m0/s1. The summed E-state index contributed by atoms with van der Waals surface area (Å²) < 4.78 is 11.1. The van der Waals surface area contributed by atoms with Gasteiger partial charge in [0.2, 0.25) is 0 Å². The Labute approximate surface area is 145 Å². The number of piperidine rings is 1. The Morgan fingerprint density at radius 3 is 2.46 bits per heavy atom. The van der Waals surface area contributed by atoms with Gasteiger partial charge >= 0.3 is 6.03 Å². The Hall–Kier alpha value is -0.850. The van der Waals surface area contributed by atoms with Crippen molar-refractivity contribution in [2.45, 2.75) is 32.7 Å². The van der Waals surface area contributed by atoms with Crippen molar-refractivity contribution in [2.75, 3.05) is 59.2 Å². The number of carbonyl (C=O) groups excluding carboxylic acids is 1. The van der Waals surface area contributed by atoms with Crippen LogP contribution < -0.4 is 5.32 Å². The van der Waals surface area contributed by atoms with E-state index in [2.05, 4.69) is 24.1 Å². The Bertz CT molecular complexity index is 398. The first-order valence-corrected chi connectivity index (χ1v) is 9.55. The van der Waals surface area contributed by atoms with Gasteiger partial charge in [-0.15, -0.1) is 0 Å². The molecule has 1 N–H and O–H groups in total. The predicted octanol–water partition coefficient (Wildman–Crippen LogP) is 1.41. The average Bonchev–Trinajstić information content (AvgIpc) is 3.09. The normalized spacial score (nSPS) is 33.4. The molecular weight excluding hydrogens is 306 g/mol. The fourth-order valence-electron chi connectivity index (χ4n) is 4.49. The first-order chi connectivity index (χ1) is 11.6. The van der Waals surface area contributed by atoms with E-state index in [9.17, 15) is 4.79 Å². The van der Waals surface area contributed by atoms with Crippen LogP contribution in [0.3, 0.4) is 0 Å². The van der Waals surface area contributed by atoms with E-state index in [1.54, 1.807) is 0 Å². The van der Waals surface area contributed by atoms with Gasteiger partial charge in [-0.05, 0) is 24.7 Å². The number of nitrogens with zero attached hydrogens (tertiary/aromatic N) is 2. The molecular formula is C18H33N3O3. The molecule has 0 spiro atoms. The van der Waals surface area contributed by atoms with E-state index >= 15 is 0 Å². The number of carbonyl (C=O) groups is 1. The van der Waals surface area contributed by atoms with E-state index in [1.165, 1.54) is 6.42 Å². The highest BCUT2D eigenvalue weighted by Crippen LogP contribution is 2.23. The molecule has 6 heteroatoms. The molecule has 3 rings (SSSR count). The number of amides is 2. The van der Waals surface area contributed by atoms with Crippen LogP contribution in [0.15, 0.2) is 0 Å². The molecule has 3 aliphatic rings. The third kappa shape index (κ3) is 4.61. The second-order valence-electron chi connectivity index (χ2n) is 7.88. The highest BCUT2D eigenvalue weighted by molar-refractivity contribution is 5.74. The van der Waals surface area contributed by atoms with Crippen LogP contribution in [0.2, 0.25) is 0 Å². The first kappa shape index (κ1) is 18.0. The van der Waals surface area contributed by atoms with Crippen LogP contribution >= 0.6 is 0 Å². The van der Waals surface area contributed by atoms with Gasteiger partial charge in [0.1, 0.15) is 0 Å². The smallest absolute Gasteiger partial charge is 0.317 e. The molecule has 0 radical (unpaired) electrons. The number of urea groups is 1. The van der Waals surface area contributed by atoms with E-state index in [-0.39, 0.29) is 6.03 Å². The lowest BCUT2D eigenvalue weighted by Crippen LogP contribution is -2.55. The van der Waals surface area contributed by atoms with E-state index in [1.807, 2.05) is 4.90 Å². The molecule has 0 aromatic heterocycles. The Balaban J connectivity index is 1.55. The maximum absolute atomic E-state index is 12.6. The van der Waals surface area contributed by atoms with Gasteiger partial charge < -0.3 is 19.7 Å². The van der Waals surface area contributed by atoms with Crippen molar-refractivity contribution in [3.05, 3.63) is 0 Å².